The molecule has 1 aliphatic heterocycles. The number of carbonyl (C=O) groups excluding carboxylic acids is 2. The Hall–Kier alpha value is -1.83. The molecule has 1 heterocycles. The first-order valence-corrected chi connectivity index (χ1v) is 11.3. The lowest BCUT2D eigenvalue weighted by Gasteiger charge is -2.38. The van der Waals surface area contributed by atoms with Gasteiger partial charge in [-0.05, 0) is 43.9 Å². The van der Waals surface area contributed by atoms with Gasteiger partial charge in [-0.15, -0.1) is 0 Å². The van der Waals surface area contributed by atoms with Crippen molar-refractivity contribution in [2.75, 3.05) is 13.2 Å². The summed E-state index contributed by atoms with van der Waals surface area (Å²) in [5.74, 6) is -0.920. The molecule has 1 aliphatic carbocycles. The predicted octanol–water partition coefficient (Wildman–Crippen LogP) is 3.60. The normalized spacial score (nSPS) is 30.1. The van der Waals surface area contributed by atoms with Crippen LogP contribution in [-0.2, 0) is 28.6 Å². The van der Waals surface area contributed by atoms with Crippen LogP contribution in [0.25, 0.3) is 0 Å². The molecular formula is C22H37NO7. The van der Waals surface area contributed by atoms with Crippen LogP contribution >= 0.6 is 0 Å². The third-order valence-corrected chi connectivity index (χ3v) is 5.97. The highest BCUT2D eigenvalue weighted by Gasteiger charge is 2.50. The minimum atomic E-state index is -1.00. The van der Waals surface area contributed by atoms with Crippen molar-refractivity contribution in [2.24, 2.45) is 23.7 Å². The largest absolute Gasteiger partial charge is 0.458 e. The molecule has 0 bridgehead atoms. The molecule has 0 N–H and O–H groups in total. The highest BCUT2D eigenvalue weighted by atomic mass is 16.9. The lowest BCUT2D eigenvalue weighted by atomic mass is 9.75. The maximum Gasteiger partial charge on any atom is 0.405 e. The van der Waals surface area contributed by atoms with Crippen molar-refractivity contribution >= 4 is 17.7 Å². The topological polar surface area (TPSA) is 97.1 Å². The van der Waals surface area contributed by atoms with Crippen molar-refractivity contribution in [1.29, 1.82) is 0 Å². The third kappa shape index (κ3) is 6.33. The molecule has 172 valence electrons. The highest BCUT2D eigenvalue weighted by Crippen LogP contribution is 2.38. The molecule has 5 atom stereocenters. The van der Waals surface area contributed by atoms with Gasteiger partial charge in [0.05, 0.1) is 25.7 Å². The summed E-state index contributed by atoms with van der Waals surface area (Å²) in [5.41, 5.74) is -0.270. The van der Waals surface area contributed by atoms with E-state index in [1.54, 1.807) is 6.92 Å². The van der Waals surface area contributed by atoms with Gasteiger partial charge < -0.3 is 19.0 Å². The first-order valence-electron chi connectivity index (χ1n) is 11.3. The lowest BCUT2D eigenvalue weighted by Crippen LogP contribution is -2.43. The number of nitrogens with zero attached hydrogens (tertiary/aromatic N) is 1. The number of carbonyl (C=O) groups is 2. The summed E-state index contributed by atoms with van der Waals surface area (Å²) < 4.78 is 16.8. The van der Waals surface area contributed by atoms with Crippen LogP contribution in [0.2, 0.25) is 0 Å². The smallest absolute Gasteiger partial charge is 0.405 e. The Morgan fingerprint density at radius 3 is 2.67 bits per heavy atom. The number of esters is 2. The van der Waals surface area contributed by atoms with E-state index in [1.807, 2.05) is 6.92 Å². The summed E-state index contributed by atoms with van der Waals surface area (Å²) in [7, 11) is 0. The Labute approximate surface area is 179 Å². The summed E-state index contributed by atoms with van der Waals surface area (Å²) >= 11 is 0. The van der Waals surface area contributed by atoms with Crippen LogP contribution in [0.1, 0.15) is 73.1 Å². The van der Waals surface area contributed by atoms with Crippen LogP contribution in [0.15, 0.2) is 0 Å². The molecule has 0 unspecified atom stereocenters. The second-order valence-corrected chi connectivity index (χ2v) is 8.72. The molecule has 0 spiro atoms. The summed E-state index contributed by atoms with van der Waals surface area (Å²) in [6.07, 6.45) is 3.32. The molecule has 30 heavy (non-hydrogen) atoms. The van der Waals surface area contributed by atoms with Gasteiger partial charge in [-0.2, -0.15) is 0 Å². The Balaban J connectivity index is 2.26. The van der Waals surface area contributed by atoms with Gasteiger partial charge in [-0.3, -0.25) is 10.0 Å². The molecule has 0 aromatic heterocycles. The molecule has 1 saturated heterocycles. The summed E-state index contributed by atoms with van der Waals surface area (Å²) in [5, 5.41) is 12.6. The van der Waals surface area contributed by atoms with E-state index in [9.17, 15) is 14.8 Å². The van der Waals surface area contributed by atoms with Gasteiger partial charge in [0.2, 0.25) is 6.29 Å². The maximum atomic E-state index is 12.6. The van der Waals surface area contributed by atoms with Crippen molar-refractivity contribution in [3.8, 4) is 0 Å². The van der Waals surface area contributed by atoms with E-state index >= 15 is 0 Å². The van der Waals surface area contributed by atoms with Crippen molar-refractivity contribution in [3.63, 3.8) is 0 Å². The highest BCUT2D eigenvalue weighted by molar-refractivity contribution is 6.35. The Morgan fingerprint density at radius 2 is 2.03 bits per heavy atom. The van der Waals surface area contributed by atoms with E-state index in [4.69, 9.17) is 19.0 Å². The Bertz CT molecular complexity index is 619. The second kappa shape index (κ2) is 11.5. The van der Waals surface area contributed by atoms with Crippen LogP contribution in [0.3, 0.4) is 0 Å². The standard InChI is InChI=1S/C22H37NO7/c1-6-8-11-28-23(26)20(21(25)27-7-2)17-13-19(24)30-22(17)29-18-12-15(5)9-10-16(18)14(3)4/h14-18,22H,6-13H2,1-5H3/b23-20-/t15-,16+,17+,18-,22-/m1/s1. The molecule has 0 radical (unpaired) electrons. The van der Waals surface area contributed by atoms with Crippen molar-refractivity contribution in [1.82, 2.24) is 0 Å². The number of hydrogen-bond acceptors (Lipinski definition) is 7. The molecule has 0 aromatic rings. The monoisotopic (exact) mass is 427 g/mol. The Kier molecular flexibility index (Phi) is 9.39. The fourth-order valence-corrected chi connectivity index (χ4v) is 4.25. The third-order valence-electron chi connectivity index (χ3n) is 5.97. The molecule has 0 amide bonds. The minimum absolute atomic E-state index is 0.100. The van der Waals surface area contributed by atoms with Crippen molar-refractivity contribution < 1.29 is 33.5 Å². The van der Waals surface area contributed by atoms with E-state index in [1.165, 1.54) is 0 Å². The van der Waals surface area contributed by atoms with E-state index in [0.717, 1.165) is 25.7 Å². The van der Waals surface area contributed by atoms with Gasteiger partial charge in [-0.25, -0.2) is 4.79 Å². The van der Waals surface area contributed by atoms with Gasteiger partial charge >= 0.3 is 17.7 Å². The van der Waals surface area contributed by atoms with Crippen LogP contribution < -0.4 is 0 Å². The van der Waals surface area contributed by atoms with Gasteiger partial charge in [-0.1, -0.05) is 40.5 Å². The second-order valence-electron chi connectivity index (χ2n) is 8.72. The fourth-order valence-electron chi connectivity index (χ4n) is 4.25. The van der Waals surface area contributed by atoms with E-state index < -0.39 is 24.1 Å². The summed E-state index contributed by atoms with van der Waals surface area (Å²) in [6, 6.07) is 0. The molecule has 2 fully saturated rings. The van der Waals surface area contributed by atoms with Crippen LogP contribution in [0, 0.1) is 28.9 Å². The number of rotatable bonds is 10. The molecule has 8 heteroatoms. The average Bonchev–Trinajstić information content (AvgIpc) is 3.02. The minimum Gasteiger partial charge on any atom is -0.458 e. The molecular weight excluding hydrogens is 390 g/mol. The van der Waals surface area contributed by atoms with Gasteiger partial charge in [0.1, 0.15) is 5.92 Å². The number of hydrogen-bond donors (Lipinski definition) is 0. The van der Waals surface area contributed by atoms with E-state index in [-0.39, 0.29) is 36.4 Å². The van der Waals surface area contributed by atoms with Crippen LogP contribution in [0.4, 0.5) is 0 Å². The molecule has 1 saturated carbocycles. The van der Waals surface area contributed by atoms with Gasteiger partial charge in [0.25, 0.3) is 0 Å². The maximum absolute atomic E-state index is 12.6. The first-order chi connectivity index (χ1) is 14.3. The van der Waals surface area contributed by atoms with Gasteiger partial charge in [0.15, 0.2) is 0 Å². The van der Waals surface area contributed by atoms with Gasteiger partial charge in [0, 0.05) is 4.90 Å². The zero-order valence-corrected chi connectivity index (χ0v) is 18.9. The fraction of sp³-hybridized carbons (Fsp3) is 0.864. The summed E-state index contributed by atoms with van der Waals surface area (Å²) in [4.78, 5) is 30.1. The summed E-state index contributed by atoms with van der Waals surface area (Å²) in [6.45, 7) is 10.4. The molecule has 8 nitrogen and oxygen atoms in total. The molecule has 2 aliphatic rings. The zero-order chi connectivity index (χ0) is 22.3. The lowest BCUT2D eigenvalue weighted by molar-refractivity contribution is -0.742. The van der Waals surface area contributed by atoms with Crippen LogP contribution in [-0.4, -0.2) is 48.2 Å². The number of ether oxygens (including phenoxy) is 3. The first kappa shape index (κ1) is 24.4. The van der Waals surface area contributed by atoms with Crippen LogP contribution in [0.5, 0.6) is 0 Å². The predicted molar refractivity (Wildman–Crippen MR) is 110 cm³/mol. The molecule has 0 aromatic carbocycles. The number of cyclic esters (lactones) is 1. The zero-order valence-electron chi connectivity index (χ0n) is 18.9. The number of unbranched alkanes of at least 4 members (excludes halogenated alkanes) is 1. The molecule has 2 rings (SSSR count). The average molecular weight is 428 g/mol. The van der Waals surface area contributed by atoms with Crippen molar-refractivity contribution in [2.45, 2.75) is 85.5 Å². The van der Waals surface area contributed by atoms with E-state index in [0.29, 0.717) is 24.2 Å². The van der Waals surface area contributed by atoms with E-state index in [2.05, 4.69) is 20.8 Å². The quantitative estimate of drug-likeness (QED) is 0.173. The Morgan fingerprint density at radius 1 is 1.30 bits per heavy atom. The van der Waals surface area contributed by atoms with Crippen molar-refractivity contribution in [3.05, 3.63) is 5.21 Å². The SMILES string of the molecule is CCCCO/[N+]([O-])=C(\C(=O)OCC)[C@@H]1CC(=O)O[C@H]1O[C@@H]1C[C@H](C)CC[C@H]1C(C)C.